The van der Waals surface area contributed by atoms with Gasteiger partial charge in [0, 0.05) is 42.4 Å². The van der Waals surface area contributed by atoms with Crippen molar-refractivity contribution in [3.63, 3.8) is 0 Å². The summed E-state index contributed by atoms with van der Waals surface area (Å²) >= 11 is 0. The molecule has 2 bridgehead atoms. The minimum atomic E-state index is -1.61. The summed E-state index contributed by atoms with van der Waals surface area (Å²) in [6.45, 7) is 13.8. The van der Waals surface area contributed by atoms with E-state index in [9.17, 15) is 30.0 Å². The monoisotopic (exact) mass is 523 g/mol. The molecule has 0 aromatic rings. The first-order valence-corrected chi connectivity index (χ1v) is 13.2. The summed E-state index contributed by atoms with van der Waals surface area (Å²) in [5.74, 6) is -3.90. The molecule has 0 amide bonds. The molecule has 5 N–H and O–H groups in total. The van der Waals surface area contributed by atoms with E-state index >= 15 is 0 Å². The van der Waals surface area contributed by atoms with Gasteiger partial charge >= 0.3 is 5.97 Å². The highest BCUT2D eigenvalue weighted by atomic mass is 16.6. The zero-order valence-corrected chi connectivity index (χ0v) is 23.5. The lowest BCUT2D eigenvalue weighted by Crippen LogP contribution is -2.72. The molecule has 0 heterocycles. The molecule has 0 radical (unpaired) electrons. The molecule has 0 saturated heterocycles. The number of hydrogen-bond donors (Lipinski definition) is 5. The second-order valence-corrected chi connectivity index (χ2v) is 12.6. The molecule has 0 aromatic heterocycles. The number of aliphatic hydroxyl groups excluding tert-OH is 2. The molecule has 0 aliphatic heterocycles. The zero-order valence-electron chi connectivity index (χ0n) is 23.5. The maximum absolute atomic E-state index is 14.2. The van der Waals surface area contributed by atoms with Crippen LogP contribution in [-0.2, 0) is 19.1 Å². The smallest absolute Gasteiger partial charge is 0.336 e. The van der Waals surface area contributed by atoms with E-state index in [0.29, 0.717) is 17.6 Å². The standard InChI is InChI=1S/C28H45NO8/c1-13(12-29)20(30)24(33)37-17-11-28(35)16(4)22-26(7,14(2)10-18(36-9)27(22,8)34)23(32)21(31)19(15(17)3)25(28,5)6/h12-14,16-18,20-22,29-31,34-35H,10-11H2,1-9H3/t13?,14-,16?,17?,18?,20?,21?,22?,26+,27-,28?/m0/s1. The Morgan fingerprint density at radius 2 is 1.76 bits per heavy atom. The predicted molar refractivity (Wildman–Crippen MR) is 137 cm³/mol. The lowest BCUT2D eigenvalue weighted by atomic mass is 9.42. The van der Waals surface area contributed by atoms with Crippen LogP contribution in [0.15, 0.2) is 11.1 Å². The summed E-state index contributed by atoms with van der Waals surface area (Å²) in [7, 11) is 1.51. The van der Waals surface area contributed by atoms with Crippen LogP contribution < -0.4 is 0 Å². The number of rotatable bonds is 5. The van der Waals surface area contributed by atoms with Gasteiger partial charge in [0.15, 0.2) is 11.9 Å². The third-order valence-corrected chi connectivity index (χ3v) is 10.5. The highest BCUT2D eigenvalue weighted by Crippen LogP contribution is 2.64. The van der Waals surface area contributed by atoms with E-state index in [1.54, 1.807) is 41.5 Å². The van der Waals surface area contributed by atoms with Crippen LogP contribution in [0.4, 0.5) is 0 Å². The van der Waals surface area contributed by atoms with E-state index in [1.807, 2.05) is 6.92 Å². The zero-order chi connectivity index (χ0) is 28.5. The predicted octanol–water partition coefficient (Wildman–Crippen LogP) is 2.03. The van der Waals surface area contributed by atoms with Crippen LogP contribution in [0.2, 0.25) is 0 Å². The van der Waals surface area contributed by atoms with E-state index < -0.39 is 76.0 Å². The van der Waals surface area contributed by atoms with Crippen molar-refractivity contribution in [3.05, 3.63) is 11.1 Å². The van der Waals surface area contributed by atoms with Crippen molar-refractivity contribution in [1.29, 1.82) is 5.41 Å². The van der Waals surface area contributed by atoms with Gasteiger partial charge in [-0.15, -0.1) is 0 Å². The summed E-state index contributed by atoms with van der Waals surface area (Å²) in [6, 6.07) is 0. The van der Waals surface area contributed by atoms with Crippen molar-refractivity contribution in [1.82, 2.24) is 0 Å². The van der Waals surface area contributed by atoms with Crippen LogP contribution in [0.5, 0.6) is 0 Å². The van der Waals surface area contributed by atoms with Gasteiger partial charge < -0.3 is 35.3 Å². The summed E-state index contributed by atoms with van der Waals surface area (Å²) in [6.07, 6.45) is -3.47. The molecule has 2 saturated carbocycles. The topological polar surface area (TPSA) is 157 Å². The number of carbonyl (C=O) groups excluding carboxylic acids is 2. The fraction of sp³-hybridized carbons (Fsp3) is 0.821. The molecule has 3 aliphatic carbocycles. The number of aliphatic hydroxyl groups is 4. The number of carbonyl (C=O) groups is 2. The fourth-order valence-electron chi connectivity index (χ4n) is 7.92. The molecular formula is C28H45NO8. The van der Waals surface area contributed by atoms with Crippen molar-refractivity contribution in [2.24, 2.45) is 34.5 Å². The average molecular weight is 524 g/mol. The Labute approximate surface area is 219 Å². The second kappa shape index (κ2) is 9.52. The number of ketones is 1. The molecular weight excluding hydrogens is 478 g/mol. The van der Waals surface area contributed by atoms with Gasteiger partial charge in [-0.2, -0.15) is 0 Å². The number of ether oxygens (including phenoxy) is 2. The summed E-state index contributed by atoms with van der Waals surface area (Å²) in [5.41, 5.74) is -4.66. The van der Waals surface area contributed by atoms with Crippen LogP contribution in [0, 0.1) is 39.9 Å². The Bertz CT molecular complexity index is 989. The first-order chi connectivity index (χ1) is 16.8. The molecule has 0 spiro atoms. The van der Waals surface area contributed by atoms with Crippen LogP contribution >= 0.6 is 0 Å². The molecule has 3 rings (SSSR count). The largest absolute Gasteiger partial charge is 0.456 e. The van der Waals surface area contributed by atoms with Crippen molar-refractivity contribution in [3.8, 4) is 0 Å². The molecule has 3 aliphatic rings. The normalized spacial score (nSPS) is 45.3. The molecule has 0 aromatic carbocycles. The van der Waals surface area contributed by atoms with Crippen LogP contribution in [0.25, 0.3) is 0 Å². The van der Waals surface area contributed by atoms with Gasteiger partial charge in [-0.1, -0.05) is 41.5 Å². The van der Waals surface area contributed by atoms with Gasteiger partial charge in [0.25, 0.3) is 0 Å². The van der Waals surface area contributed by atoms with Crippen molar-refractivity contribution >= 4 is 18.0 Å². The number of Topliss-reactive ketones (excluding diaryl/α,β-unsaturated/α-hetero) is 1. The average Bonchev–Trinajstić information content (AvgIpc) is 2.82. The lowest BCUT2D eigenvalue weighted by Gasteiger charge is -2.65. The van der Waals surface area contributed by atoms with Gasteiger partial charge in [-0.3, -0.25) is 4.79 Å². The number of esters is 1. The molecule has 2 fully saturated rings. The van der Waals surface area contributed by atoms with Crippen molar-refractivity contribution in [2.75, 3.05) is 7.11 Å². The number of nitrogens with one attached hydrogen (secondary N) is 1. The second-order valence-electron chi connectivity index (χ2n) is 12.6. The highest BCUT2D eigenvalue weighted by molar-refractivity contribution is 5.93. The van der Waals surface area contributed by atoms with Gasteiger partial charge in [-0.05, 0) is 43.3 Å². The number of methoxy groups -OCH3 is 1. The van der Waals surface area contributed by atoms with E-state index in [1.165, 1.54) is 14.0 Å². The summed E-state index contributed by atoms with van der Waals surface area (Å²) < 4.78 is 11.3. The van der Waals surface area contributed by atoms with Crippen molar-refractivity contribution < 1.29 is 39.5 Å². The van der Waals surface area contributed by atoms with E-state index in [-0.39, 0.29) is 12.3 Å². The SMILES string of the molecule is COC1C[C@H](C)[C@@]2(C)C(=O)C(O)C3=C(C)C(OC(=O)C(O)C(C)C=N)CC(O)(C(C)C2[C@@]1(C)O)C3(C)C. The van der Waals surface area contributed by atoms with Gasteiger partial charge in [0.1, 0.15) is 12.2 Å². The van der Waals surface area contributed by atoms with Gasteiger partial charge in [0.05, 0.1) is 17.3 Å². The Morgan fingerprint density at radius 1 is 1.19 bits per heavy atom. The van der Waals surface area contributed by atoms with E-state index in [0.717, 1.165) is 6.21 Å². The van der Waals surface area contributed by atoms with Crippen LogP contribution in [0.1, 0.15) is 68.2 Å². The molecule has 9 heteroatoms. The summed E-state index contributed by atoms with van der Waals surface area (Å²) in [5, 5.41) is 53.7. The maximum Gasteiger partial charge on any atom is 0.336 e. The fourth-order valence-corrected chi connectivity index (χ4v) is 7.92. The quantitative estimate of drug-likeness (QED) is 0.208. The maximum atomic E-state index is 14.2. The number of hydrogen-bond acceptors (Lipinski definition) is 9. The first-order valence-electron chi connectivity index (χ1n) is 13.2. The summed E-state index contributed by atoms with van der Waals surface area (Å²) in [4.78, 5) is 27.0. The Kier molecular flexibility index (Phi) is 7.69. The Hall–Kier alpha value is -1.65. The van der Waals surface area contributed by atoms with Gasteiger partial charge in [-0.25, -0.2) is 4.79 Å². The highest BCUT2D eigenvalue weighted by Gasteiger charge is 2.70. The molecule has 9 nitrogen and oxygen atoms in total. The van der Waals surface area contributed by atoms with E-state index in [4.69, 9.17) is 14.9 Å². The molecule has 11 atom stereocenters. The third kappa shape index (κ3) is 4.04. The minimum absolute atomic E-state index is 0.0521. The van der Waals surface area contributed by atoms with Crippen molar-refractivity contribution in [2.45, 2.75) is 104 Å². The molecule has 210 valence electrons. The third-order valence-electron chi connectivity index (χ3n) is 10.5. The molecule has 8 unspecified atom stereocenters. The lowest BCUT2D eigenvalue weighted by molar-refractivity contribution is -0.250. The Morgan fingerprint density at radius 3 is 2.27 bits per heavy atom. The first kappa shape index (κ1) is 29.9. The van der Waals surface area contributed by atoms with E-state index in [2.05, 4.69) is 0 Å². The van der Waals surface area contributed by atoms with Crippen LogP contribution in [0.3, 0.4) is 0 Å². The minimum Gasteiger partial charge on any atom is -0.456 e. The molecule has 37 heavy (non-hydrogen) atoms. The number of fused-ring (bicyclic) bond motifs is 3. The van der Waals surface area contributed by atoms with Crippen LogP contribution in [-0.4, -0.2) is 81.1 Å². The van der Waals surface area contributed by atoms with Gasteiger partial charge in [0.2, 0.25) is 0 Å². The Balaban J connectivity index is 2.25.